The Kier molecular flexibility index (Phi) is 8.99. The zero-order chi connectivity index (χ0) is 22.7. The van der Waals surface area contributed by atoms with Crippen LogP contribution in [0.5, 0.6) is 5.75 Å². The summed E-state index contributed by atoms with van der Waals surface area (Å²) >= 11 is 5.93. The van der Waals surface area contributed by atoms with Crippen LogP contribution in [0.25, 0.3) is 11.1 Å². The predicted molar refractivity (Wildman–Crippen MR) is 123 cm³/mol. The Labute approximate surface area is 221 Å². The summed E-state index contributed by atoms with van der Waals surface area (Å²) in [5, 5.41) is 25.8. The number of hydrogen-bond acceptors (Lipinski definition) is 5. The van der Waals surface area contributed by atoms with Gasteiger partial charge in [-0.2, -0.15) is 0 Å². The Morgan fingerprint density at radius 2 is 1.91 bits per heavy atom. The average molecular weight is 474 g/mol. The van der Waals surface area contributed by atoms with Crippen LogP contribution < -0.4 is 44.7 Å². The molecule has 0 aromatic heterocycles. The van der Waals surface area contributed by atoms with Crippen molar-refractivity contribution in [2.45, 2.75) is 31.4 Å². The molecule has 166 valence electrons. The molecule has 0 aliphatic heterocycles. The molecule has 7 heteroatoms. The van der Waals surface area contributed by atoms with E-state index in [1.807, 2.05) is 18.2 Å². The van der Waals surface area contributed by atoms with Crippen LogP contribution in [-0.2, 0) is 12.8 Å². The smallest absolute Gasteiger partial charge is 0.545 e. The second-order valence-electron chi connectivity index (χ2n) is 8.10. The fraction of sp³-hybridized carbons (Fsp3) is 0.269. The Morgan fingerprint density at radius 1 is 1.15 bits per heavy atom. The van der Waals surface area contributed by atoms with Crippen molar-refractivity contribution in [3.05, 3.63) is 87.9 Å². The first-order chi connectivity index (χ1) is 15.4. The van der Waals surface area contributed by atoms with Gasteiger partial charge in [0.1, 0.15) is 5.75 Å². The summed E-state index contributed by atoms with van der Waals surface area (Å²) < 4.78 is 5.43. The molecule has 0 radical (unpaired) electrons. The largest absolute Gasteiger partial charge is 1.00 e. The Balaban J connectivity index is 0.00000306. The fourth-order valence-electron chi connectivity index (χ4n) is 4.24. The monoisotopic (exact) mass is 473 g/mol. The van der Waals surface area contributed by atoms with Crippen molar-refractivity contribution >= 4 is 17.6 Å². The molecular formula is C26H25ClNNaO4. The number of carbonyl (C=O) groups excluding carboxylic acids is 1. The average Bonchev–Trinajstić information content (AvgIpc) is 2.82. The van der Waals surface area contributed by atoms with Crippen molar-refractivity contribution in [3.63, 3.8) is 0 Å². The molecule has 2 N–H and O–H groups in total. The number of carboxylic acids is 1. The van der Waals surface area contributed by atoms with Crippen LogP contribution in [0, 0.1) is 0 Å². The van der Waals surface area contributed by atoms with Gasteiger partial charge in [0.15, 0.2) is 0 Å². The summed E-state index contributed by atoms with van der Waals surface area (Å²) in [7, 11) is 1.53. The third-order valence-electron chi connectivity index (χ3n) is 6.04. The van der Waals surface area contributed by atoms with Crippen molar-refractivity contribution in [2.75, 3.05) is 13.7 Å². The number of aliphatic hydroxyl groups is 1. The summed E-state index contributed by atoms with van der Waals surface area (Å²) in [5.41, 5.74) is 5.31. The van der Waals surface area contributed by atoms with Gasteiger partial charge in [-0.15, -0.1) is 0 Å². The van der Waals surface area contributed by atoms with Gasteiger partial charge in [0.25, 0.3) is 0 Å². The molecule has 0 fully saturated rings. The number of fused-ring (bicyclic) bond motifs is 1. The molecule has 3 aromatic rings. The molecule has 3 aromatic carbocycles. The summed E-state index contributed by atoms with van der Waals surface area (Å²) in [4.78, 5) is 11.2. The van der Waals surface area contributed by atoms with Crippen LogP contribution in [0.2, 0.25) is 5.02 Å². The van der Waals surface area contributed by atoms with Gasteiger partial charge < -0.3 is 25.1 Å². The fourth-order valence-corrected chi connectivity index (χ4v) is 4.36. The maximum absolute atomic E-state index is 11.2. The topological polar surface area (TPSA) is 81.6 Å². The minimum atomic E-state index is -1.23. The maximum Gasteiger partial charge on any atom is 1.00 e. The van der Waals surface area contributed by atoms with Crippen LogP contribution in [0.3, 0.4) is 0 Å². The number of carboxylic acid groups (broad SMARTS) is 1. The van der Waals surface area contributed by atoms with E-state index < -0.39 is 12.1 Å². The minimum absolute atomic E-state index is 0. The van der Waals surface area contributed by atoms with E-state index in [-0.39, 0.29) is 41.2 Å². The normalized spacial score (nSPS) is 15.8. The molecule has 0 spiro atoms. The van der Waals surface area contributed by atoms with E-state index in [1.54, 1.807) is 18.2 Å². The van der Waals surface area contributed by atoms with Gasteiger partial charge in [0.05, 0.1) is 19.2 Å². The van der Waals surface area contributed by atoms with Crippen LogP contribution in [-0.4, -0.2) is 30.8 Å². The number of rotatable bonds is 7. The van der Waals surface area contributed by atoms with E-state index in [4.69, 9.17) is 16.3 Å². The van der Waals surface area contributed by atoms with E-state index >= 15 is 0 Å². The molecule has 0 heterocycles. The van der Waals surface area contributed by atoms with Crippen LogP contribution in [0.4, 0.5) is 0 Å². The third kappa shape index (κ3) is 6.18. The molecule has 0 amide bonds. The zero-order valence-electron chi connectivity index (χ0n) is 18.8. The molecular weight excluding hydrogens is 449 g/mol. The molecule has 5 nitrogen and oxygen atoms in total. The minimum Gasteiger partial charge on any atom is -0.545 e. The van der Waals surface area contributed by atoms with Gasteiger partial charge >= 0.3 is 29.6 Å². The van der Waals surface area contributed by atoms with Crippen molar-refractivity contribution in [3.8, 4) is 16.9 Å². The number of methoxy groups -OCH3 is 1. The summed E-state index contributed by atoms with van der Waals surface area (Å²) in [6, 6.07) is 18.6. The van der Waals surface area contributed by atoms with Crippen molar-refractivity contribution in [2.24, 2.45) is 0 Å². The van der Waals surface area contributed by atoms with Gasteiger partial charge in [0, 0.05) is 28.7 Å². The molecule has 1 aliphatic carbocycles. The van der Waals surface area contributed by atoms with Crippen molar-refractivity contribution in [1.82, 2.24) is 5.32 Å². The number of halogens is 1. The van der Waals surface area contributed by atoms with E-state index in [0.29, 0.717) is 17.3 Å². The summed E-state index contributed by atoms with van der Waals surface area (Å²) in [6.45, 7) is 0.472. The second-order valence-corrected chi connectivity index (χ2v) is 8.54. The quantitative estimate of drug-likeness (QED) is 0.490. The summed E-state index contributed by atoms with van der Waals surface area (Å²) in [5.74, 6) is -0.724. The number of ether oxygens (including phenoxy) is 1. The first kappa shape index (κ1) is 25.8. The van der Waals surface area contributed by atoms with E-state index in [2.05, 4.69) is 17.4 Å². The van der Waals surface area contributed by atoms with Gasteiger partial charge in [-0.3, -0.25) is 0 Å². The van der Waals surface area contributed by atoms with Crippen molar-refractivity contribution < 1.29 is 49.3 Å². The van der Waals surface area contributed by atoms with Gasteiger partial charge in [-0.25, -0.2) is 0 Å². The number of benzene rings is 3. The third-order valence-corrected chi connectivity index (χ3v) is 6.29. The number of nitrogens with one attached hydrogen (secondary N) is 1. The maximum atomic E-state index is 11.2. The Bertz CT molecular complexity index is 1120. The van der Waals surface area contributed by atoms with Gasteiger partial charge in [-0.1, -0.05) is 48.0 Å². The second kappa shape index (κ2) is 11.5. The van der Waals surface area contributed by atoms with E-state index in [1.165, 1.54) is 30.4 Å². The molecule has 0 saturated carbocycles. The van der Waals surface area contributed by atoms with Crippen LogP contribution >= 0.6 is 11.6 Å². The van der Waals surface area contributed by atoms with E-state index in [0.717, 1.165) is 36.0 Å². The Morgan fingerprint density at radius 3 is 2.61 bits per heavy atom. The first-order valence-corrected chi connectivity index (χ1v) is 11.0. The van der Waals surface area contributed by atoms with Crippen molar-refractivity contribution in [1.29, 1.82) is 0 Å². The number of hydrogen-bond donors (Lipinski definition) is 2. The molecule has 2 atom stereocenters. The standard InChI is InChI=1S/C26H26ClNO4.Na/c1-32-25-14-19(26(30)31)7-11-23(25)18-3-2-16-6-10-22(13-20(16)12-18)28-15-24(29)17-4-8-21(27)9-5-17;/h2-5,7-9,11-12,14,22,24,28-29H,6,10,13,15H2,1H3,(H,30,31);/q;+1/p-1/t22-,24-;/m0./s1. The number of aryl methyl sites for hydroxylation is 1. The molecule has 0 bridgehead atoms. The molecule has 4 rings (SSSR count). The number of aliphatic hydroxyl groups excluding tert-OH is 1. The summed E-state index contributed by atoms with van der Waals surface area (Å²) in [6.07, 6.45) is 2.23. The number of carbonyl (C=O) groups is 1. The number of aromatic carboxylic acids is 1. The SMILES string of the molecule is COc1cc(C(=O)[O-])ccc1-c1ccc2c(c1)C[C@@H](NC[C@H](O)c1ccc(Cl)cc1)CC2.[Na+]. The molecule has 33 heavy (non-hydrogen) atoms. The van der Waals surface area contributed by atoms with Gasteiger partial charge in [-0.05, 0) is 65.8 Å². The predicted octanol–water partition coefficient (Wildman–Crippen LogP) is 0.564. The van der Waals surface area contributed by atoms with Gasteiger partial charge in [0.2, 0.25) is 0 Å². The van der Waals surface area contributed by atoms with Crippen LogP contribution in [0.15, 0.2) is 60.7 Å². The van der Waals surface area contributed by atoms with Crippen LogP contribution in [0.1, 0.15) is 39.6 Å². The molecule has 0 saturated heterocycles. The Hall–Kier alpha value is -1.86. The van der Waals surface area contributed by atoms with E-state index in [9.17, 15) is 15.0 Å². The molecule has 0 unspecified atom stereocenters. The zero-order valence-corrected chi connectivity index (χ0v) is 21.6. The first-order valence-electron chi connectivity index (χ1n) is 10.6. The molecule has 1 aliphatic rings.